The normalized spacial score (nSPS) is 21.2. The lowest BCUT2D eigenvalue weighted by Crippen LogP contribution is -2.53. The van der Waals surface area contributed by atoms with E-state index in [0.717, 1.165) is 36.0 Å². The minimum Gasteiger partial charge on any atom is -0.348 e. The highest BCUT2D eigenvalue weighted by Crippen LogP contribution is 2.33. The molecule has 1 aliphatic carbocycles. The molecule has 5 nitrogen and oxygen atoms in total. The molecule has 2 aromatic carbocycles. The van der Waals surface area contributed by atoms with Crippen LogP contribution in [0.15, 0.2) is 70.3 Å². The number of carbonyl (C=O) groups is 1. The zero-order chi connectivity index (χ0) is 21.4. The Hall–Kier alpha value is -2.48. The molecule has 0 bridgehead atoms. The van der Waals surface area contributed by atoms with Gasteiger partial charge in [-0.2, -0.15) is 4.31 Å². The maximum absolute atomic E-state index is 13.5. The first kappa shape index (κ1) is 20.4. The van der Waals surface area contributed by atoms with Gasteiger partial charge in [-0.1, -0.05) is 54.6 Å². The van der Waals surface area contributed by atoms with Gasteiger partial charge in [0.1, 0.15) is 10.3 Å². The number of nitrogens with one attached hydrogen (secondary N) is 1. The maximum Gasteiger partial charge on any atom is 0.253 e. The van der Waals surface area contributed by atoms with E-state index in [1.807, 2.05) is 36.4 Å². The van der Waals surface area contributed by atoms with Crippen LogP contribution < -0.4 is 5.32 Å². The first-order chi connectivity index (χ1) is 15.0. The number of thiophene rings is 1. The lowest BCUT2D eigenvalue weighted by Gasteiger charge is -2.36. The third-order valence-corrected chi connectivity index (χ3v) is 9.48. The van der Waals surface area contributed by atoms with Crippen LogP contribution in [0.2, 0.25) is 0 Å². The zero-order valence-electron chi connectivity index (χ0n) is 17.0. The van der Waals surface area contributed by atoms with E-state index in [1.165, 1.54) is 21.2 Å². The Morgan fingerprint density at radius 1 is 0.968 bits per heavy atom. The van der Waals surface area contributed by atoms with Crippen molar-refractivity contribution in [1.29, 1.82) is 0 Å². The highest BCUT2D eigenvalue weighted by Gasteiger charge is 2.40. The summed E-state index contributed by atoms with van der Waals surface area (Å²) in [6.07, 6.45) is 3.26. The van der Waals surface area contributed by atoms with Crippen LogP contribution in [0, 0.1) is 0 Å². The summed E-state index contributed by atoms with van der Waals surface area (Å²) in [5.74, 6) is -0.226. The zero-order valence-corrected chi connectivity index (χ0v) is 18.7. The average Bonchev–Trinajstić information content (AvgIpc) is 3.34. The van der Waals surface area contributed by atoms with Gasteiger partial charge in [0.25, 0.3) is 10.0 Å². The van der Waals surface area contributed by atoms with Crippen molar-refractivity contribution in [3.8, 4) is 0 Å². The van der Waals surface area contributed by atoms with Crippen molar-refractivity contribution in [3.63, 3.8) is 0 Å². The van der Waals surface area contributed by atoms with E-state index in [9.17, 15) is 13.2 Å². The van der Waals surface area contributed by atoms with Crippen molar-refractivity contribution < 1.29 is 13.2 Å². The quantitative estimate of drug-likeness (QED) is 0.649. The predicted octanol–water partition coefficient (Wildman–Crippen LogP) is 4.06. The van der Waals surface area contributed by atoms with Crippen LogP contribution in [-0.4, -0.2) is 24.7 Å². The van der Waals surface area contributed by atoms with Gasteiger partial charge in [0.05, 0.1) is 6.04 Å². The van der Waals surface area contributed by atoms with Gasteiger partial charge in [0.2, 0.25) is 5.91 Å². The second kappa shape index (κ2) is 8.22. The van der Waals surface area contributed by atoms with E-state index in [2.05, 4.69) is 17.4 Å². The summed E-state index contributed by atoms with van der Waals surface area (Å²) in [6.45, 7) is 0.204. The number of sulfonamides is 1. The van der Waals surface area contributed by atoms with Gasteiger partial charge < -0.3 is 5.32 Å². The number of benzene rings is 2. The van der Waals surface area contributed by atoms with Crippen molar-refractivity contribution >= 4 is 27.3 Å². The Morgan fingerprint density at radius 2 is 1.71 bits per heavy atom. The maximum atomic E-state index is 13.5. The van der Waals surface area contributed by atoms with E-state index >= 15 is 0 Å². The fraction of sp³-hybridized carbons (Fsp3) is 0.292. The molecule has 0 spiro atoms. The van der Waals surface area contributed by atoms with E-state index < -0.39 is 16.1 Å². The van der Waals surface area contributed by atoms with Gasteiger partial charge in [0, 0.05) is 6.54 Å². The molecule has 0 radical (unpaired) electrons. The summed E-state index contributed by atoms with van der Waals surface area (Å²) in [5.41, 5.74) is 4.39. The van der Waals surface area contributed by atoms with Crippen LogP contribution in [0.5, 0.6) is 0 Å². The second-order valence-corrected chi connectivity index (χ2v) is 11.2. The first-order valence-corrected chi connectivity index (χ1v) is 12.9. The summed E-state index contributed by atoms with van der Waals surface area (Å²) in [7, 11) is -3.77. The van der Waals surface area contributed by atoms with E-state index in [1.54, 1.807) is 17.5 Å². The van der Waals surface area contributed by atoms with Gasteiger partial charge in [-0.3, -0.25) is 4.79 Å². The van der Waals surface area contributed by atoms with Gasteiger partial charge in [-0.05, 0) is 59.4 Å². The first-order valence-electron chi connectivity index (χ1n) is 10.5. The predicted molar refractivity (Wildman–Crippen MR) is 121 cm³/mol. The molecule has 1 aromatic heterocycles. The molecule has 7 heteroatoms. The summed E-state index contributed by atoms with van der Waals surface area (Å²) in [5, 5.41) is 4.93. The van der Waals surface area contributed by atoms with Crippen LogP contribution in [0.1, 0.15) is 41.1 Å². The molecular weight excluding hydrogens is 428 g/mol. The standard InChI is InChI=1S/C24H24N2O3S2/c27-24(25-21-12-5-10-17-7-3-4-11-20(17)21)22-15-18-8-1-2-9-19(18)16-26(22)31(28,29)23-13-6-14-30-23/h1-4,6-9,11,13-14,21-22H,5,10,12,15-16H2,(H,25,27)/t21-,22+/m0/s1. The summed E-state index contributed by atoms with van der Waals surface area (Å²) in [6, 6.07) is 18.5. The number of nitrogens with zero attached hydrogens (tertiary/aromatic N) is 1. The number of rotatable bonds is 4. The topological polar surface area (TPSA) is 66.5 Å². The Bertz CT molecular complexity index is 1210. The highest BCUT2D eigenvalue weighted by molar-refractivity contribution is 7.91. The minimum atomic E-state index is -3.77. The van der Waals surface area contributed by atoms with Crippen molar-refractivity contribution in [3.05, 3.63) is 88.3 Å². The Balaban J connectivity index is 1.48. The van der Waals surface area contributed by atoms with Crippen molar-refractivity contribution in [2.75, 3.05) is 0 Å². The number of hydrogen-bond acceptors (Lipinski definition) is 4. The molecular formula is C24H24N2O3S2. The van der Waals surface area contributed by atoms with Crippen molar-refractivity contribution in [1.82, 2.24) is 9.62 Å². The average molecular weight is 453 g/mol. The SMILES string of the molecule is O=C(N[C@H]1CCCc2ccccc21)[C@H]1Cc2ccccc2CN1S(=O)(=O)c1cccs1. The molecule has 0 unspecified atom stereocenters. The van der Waals surface area contributed by atoms with Crippen LogP contribution in [0.3, 0.4) is 0 Å². The third kappa shape index (κ3) is 3.82. The number of carbonyl (C=O) groups excluding carboxylic acids is 1. The van der Waals surface area contributed by atoms with Crippen molar-refractivity contribution in [2.45, 2.75) is 48.5 Å². The Labute approximate surface area is 186 Å². The molecule has 3 aromatic rings. The van der Waals surface area contributed by atoms with Gasteiger partial charge >= 0.3 is 0 Å². The molecule has 0 saturated carbocycles. The lowest BCUT2D eigenvalue weighted by molar-refractivity contribution is -0.126. The Kier molecular flexibility index (Phi) is 5.42. The summed E-state index contributed by atoms with van der Waals surface area (Å²) < 4.78 is 28.5. The molecule has 0 fully saturated rings. The highest BCUT2D eigenvalue weighted by atomic mass is 32.2. The minimum absolute atomic E-state index is 0.0825. The largest absolute Gasteiger partial charge is 0.348 e. The summed E-state index contributed by atoms with van der Waals surface area (Å²) >= 11 is 1.18. The third-order valence-electron chi connectivity index (χ3n) is 6.25. The molecule has 1 aliphatic heterocycles. The monoisotopic (exact) mass is 452 g/mol. The number of amides is 1. The molecule has 31 heavy (non-hydrogen) atoms. The lowest BCUT2D eigenvalue weighted by atomic mass is 9.87. The van der Waals surface area contributed by atoms with E-state index in [4.69, 9.17) is 0 Å². The molecule has 5 rings (SSSR count). The number of hydrogen-bond donors (Lipinski definition) is 1. The van der Waals surface area contributed by atoms with Gasteiger partial charge in [-0.25, -0.2) is 8.42 Å². The van der Waals surface area contributed by atoms with E-state index in [-0.39, 0.29) is 22.7 Å². The molecule has 2 atom stereocenters. The molecule has 0 saturated heterocycles. The summed E-state index contributed by atoms with van der Waals surface area (Å²) in [4.78, 5) is 13.5. The Morgan fingerprint density at radius 3 is 2.48 bits per heavy atom. The molecule has 2 heterocycles. The van der Waals surface area contributed by atoms with E-state index in [0.29, 0.717) is 6.42 Å². The van der Waals surface area contributed by atoms with Crippen molar-refractivity contribution in [2.24, 2.45) is 0 Å². The molecule has 1 amide bonds. The van der Waals surface area contributed by atoms with Crippen LogP contribution in [0.4, 0.5) is 0 Å². The van der Waals surface area contributed by atoms with Crippen LogP contribution >= 0.6 is 11.3 Å². The smallest absolute Gasteiger partial charge is 0.253 e. The number of aryl methyl sites for hydroxylation is 1. The van der Waals surface area contributed by atoms with Crippen LogP contribution in [0.25, 0.3) is 0 Å². The fourth-order valence-electron chi connectivity index (χ4n) is 4.67. The second-order valence-electron chi connectivity index (χ2n) is 8.12. The molecule has 2 aliphatic rings. The molecule has 1 N–H and O–H groups in total. The fourth-order valence-corrected chi connectivity index (χ4v) is 7.36. The van der Waals surface area contributed by atoms with Crippen LogP contribution in [-0.2, 0) is 34.2 Å². The van der Waals surface area contributed by atoms with Gasteiger partial charge in [0.15, 0.2) is 0 Å². The molecule has 160 valence electrons. The van der Waals surface area contributed by atoms with Gasteiger partial charge in [-0.15, -0.1) is 11.3 Å². The number of fused-ring (bicyclic) bond motifs is 2.